The predicted molar refractivity (Wildman–Crippen MR) is 66.0 cm³/mol. The minimum absolute atomic E-state index is 0.167. The van der Waals surface area contributed by atoms with Gasteiger partial charge in [-0.05, 0) is 12.2 Å². The van der Waals surface area contributed by atoms with Crippen LogP contribution in [0.4, 0.5) is 0 Å². The lowest BCUT2D eigenvalue weighted by atomic mass is 10.3. The Morgan fingerprint density at radius 1 is 1.47 bits per heavy atom. The molecule has 4 nitrogen and oxygen atoms in total. The zero-order valence-electron chi connectivity index (χ0n) is 7.72. The van der Waals surface area contributed by atoms with Crippen LogP contribution in [0.2, 0.25) is 0 Å². The van der Waals surface area contributed by atoms with Gasteiger partial charge in [0, 0.05) is 12.4 Å². The minimum atomic E-state index is 0.167. The summed E-state index contributed by atoms with van der Waals surface area (Å²) in [5.74, 6) is 0.972. The van der Waals surface area contributed by atoms with Gasteiger partial charge in [0.1, 0.15) is 10.4 Å². The van der Waals surface area contributed by atoms with Crippen LogP contribution >= 0.6 is 27.7 Å². The molecule has 0 aromatic heterocycles. The van der Waals surface area contributed by atoms with Crippen molar-refractivity contribution in [1.29, 1.82) is 0 Å². The van der Waals surface area contributed by atoms with Crippen LogP contribution in [0.3, 0.4) is 0 Å². The smallest absolute Gasteiger partial charge is 0.169 e. The number of allylic oxidation sites excluding steroid dienone is 2. The van der Waals surface area contributed by atoms with E-state index in [0.29, 0.717) is 0 Å². The first kappa shape index (κ1) is 9.35. The number of hydrazone groups is 1. The lowest BCUT2D eigenvalue weighted by Crippen LogP contribution is -2.35. The lowest BCUT2D eigenvalue weighted by molar-refractivity contribution is 0.445. The second kappa shape index (κ2) is 3.61. The minimum Gasteiger partial charge on any atom is -0.369 e. The molecule has 6 heteroatoms. The van der Waals surface area contributed by atoms with Crippen LogP contribution in [0, 0.1) is 0 Å². The van der Waals surface area contributed by atoms with Gasteiger partial charge in [0.25, 0.3) is 0 Å². The largest absolute Gasteiger partial charge is 0.369 e. The van der Waals surface area contributed by atoms with Crippen LogP contribution in [0.5, 0.6) is 0 Å². The molecule has 3 aliphatic rings. The molecular weight excluding hydrogens is 276 g/mol. The average molecular weight is 285 g/mol. The molecule has 0 aromatic rings. The third-order valence-corrected chi connectivity index (χ3v) is 4.02. The molecular formula is C9H9BrN4S. The van der Waals surface area contributed by atoms with E-state index >= 15 is 0 Å². The van der Waals surface area contributed by atoms with Gasteiger partial charge in [-0.1, -0.05) is 33.8 Å². The first-order valence-electron chi connectivity index (χ1n) is 4.58. The third-order valence-electron chi connectivity index (χ3n) is 2.29. The number of thioether (sulfide) groups is 1. The SMILES string of the molecule is BrC1NC=C(C2=NNC3C=CC=CN23)S1. The number of amidine groups is 1. The van der Waals surface area contributed by atoms with Gasteiger partial charge in [-0.25, -0.2) is 0 Å². The van der Waals surface area contributed by atoms with E-state index in [1.807, 2.05) is 24.6 Å². The van der Waals surface area contributed by atoms with Crippen LogP contribution < -0.4 is 10.7 Å². The molecule has 0 amide bonds. The van der Waals surface area contributed by atoms with E-state index in [2.05, 4.69) is 42.7 Å². The summed E-state index contributed by atoms with van der Waals surface area (Å²) in [6.07, 6.45) is 10.3. The van der Waals surface area contributed by atoms with Crippen molar-refractivity contribution in [2.75, 3.05) is 0 Å². The first-order valence-corrected chi connectivity index (χ1v) is 6.38. The van der Waals surface area contributed by atoms with E-state index in [4.69, 9.17) is 0 Å². The zero-order chi connectivity index (χ0) is 10.3. The Morgan fingerprint density at radius 2 is 2.40 bits per heavy atom. The molecule has 0 aromatic carbocycles. The average Bonchev–Trinajstić information content (AvgIpc) is 2.83. The zero-order valence-corrected chi connectivity index (χ0v) is 10.1. The Labute approximate surface area is 100 Å². The number of hydrogen-bond donors (Lipinski definition) is 2. The quantitative estimate of drug-likeness (QED) is 0.565. The molecule has 0 fully saturated rings. The number of fused-ring (bicyclic) bond motifs is 1. The van der Waals surface area contributed by atoms with Crippen molar-refractivity contribution in [3.8, 4) is 0 Å². The van der Waals surface area contributed by atoms with E-state index in [9.17, 15) is 0 Å². The molecule has 2 atom stereocenters. The number of hydrogen-bond acceptors (Lipinski definition) is 5. The number of rotatable bonds is 1. The van der Waals surface area contributed by atoms with Crippen molar-refractivity contribution in [2.24, 2.45) is 5.10 Å². The predicted octanol–water partition coefficient (Wildman–Crippen LogP) is 1.47. The number of alkyl halides is 1. The molecule has 78 valence electrons. The fourth-order valence-corrected chi connectivity index (χ4v) is 3.10. The molecule has 0 bridgehead atoms. The highest BCUT2D eigenvalue weighted by Crippen LogP contribution is 2.33. The van der Waals surface area contributed by atoms with Crippen LogP contribution in [0.1, 0.15) is 0 Å². The fraction of sp³-hybridized carbons (Fsp3) is 0.222. The number of nitrogens with zero attached hydrogens (tertiary/aromatic N) is 2. The molecule has 3 aliphatic heterocycles. The normalized spacial score (nSPS) is 31.9. The Balaban J connectivity index is 1.83. The molecule has 0 spiro atoms. The summed E-state index contributed by atoms with van der Waals surface area (Å²) in [6, 6.07) is 0. The second-order valence-corrected chi connectivity index (χ2v) is 5.92. The van der Waals surface area contributed by atoms with Crippen LogP contribution in [0.15, 0.2) is 40.6 Å². The molecule has 15 heavy (non-hydrogen) atoms. The Hall–Kier alpha value is -0.880. The topological polar surface area (TPSA) is 39.7 Å². The van der Waals surface area contributed by atoms with Crippen LogP contribution in [-0.4, -0.2) is 21.2 Å². The standard InChI is InChI=1S/C9H9BrN4S/c10-9-11-5-6(15-9)8-13-12-7-3-1-2-4-14(7)8/h1-5,7,9,11-12H. The van der Waals surface area contributed by atoms with E-state index in [1.165, 1.54) is 0 Å². The van der Waals surface area contributed by atoms with E-state index in [-0.39, 0.29) is 10.4 Å². The van der Waals surface area contributed by atoms with Crippen molar-refractivity contribution in [3.63, 3.8) is 0 Å². The summed E-state index contributed by atoms with van der Waals surface area (Å²) in [4.78, 5) is 3.26. The molecule has 0 aliphatic carbocycles. The maximum absolute atomic E-state index is 4.34. The number of halogens is 1. The van der Waals surface area contributed by atoms with Gasteiger partial charge in [0.15, 0.2) is 5.84 Å². The third kappa shape index (κ3) is 1.57. The summed E-state index contributed by atoms with van der Waals surface area (Å²) in [5, 5.41) is 7.52. The molecule has 0 radical (unpaired) electrons. The maximum Gasteiger partial charge on any atom is 0.169 e. The molecule has 2 N–H and O–H groups in total. The van der Waals surface area contributed by atoms with Gasteiger partial charge in [-0.3, -0.25) is 5.43 Å². The Kier molecular flexibility index (Phi) is 2.25. The monoisotopic (exact) mass is 284 g/mol. The van der Waals surface area contributed by atoms with E-state index in [1.54, 1.807) is 11.8 Å². The molecule has 3 heterocycles. The van der Waals surface area contributed by atoms with Gasteiger partial charge in [-0.2, -0.15) is 5.10 Å². The first-order chi connectivity index (χ1) is 7.34. The van der Waals surface area contributed by atoms with Crippen molar-refractivity contribution in [2.45, 2.75) is 10.4 Å². The van der Waals surface area contributed by atoms with E-state index in [0.717, 1.165) is 10.7 Å². The molecule has 2 unspecified atom stereocenters. The van der Waals surface area contributed by atoms with E-state index < -0.39 is 0 Å². The number of nitrogens with one attached hydrogen (secondary N) is 2. The summed E-state index contributed by atoms with van der Waals surface area (Å²) < 4.78 is 0.249. The Morgan fingerprint density at radius 3 is 3.20 bits per heavy atom. The van der Waals surface area contributed by atoms with Gasteiger partial charge < -0.3 is 10.2 Å². The summed E-state index contributed by atoms with van der Waals surface area (Å²) in [6.45, 7) is 0. The highest BCUT2D eigenvalue weighted by Gasteiger charge is 2.30. The highest BCUT2D eigenvalue weighted by atomic mass is 79.9. The van der Waals surface area contributed by atoms with Crippen LogP contribution in [0.25, 0.3) is 0 Å². The molecule has 0 saturated carbocycles. The van der Waals surface area contributed by atoms with Crippen molar-refractivity contribution < 1.29 is 0 Å². The van der Waals surface area contributed by atoms with Crippen molar-refractivity contribution in [3.05, 3.63) is 35.5 Å². The van der Waals surface area contributed by atoms with Gasteiger partial charge in [-0.15, -0.1) is 0 Å². The van der Waals surface area contributed by atoms with Gasteiger partial charge in [0.05, 0.1) is 4.91 Å². The molecule has 0 saturated heterocycles. The fourth-order valence-electron chi connectivity index (χ4n) is 1.61. The summed E-state index contributed by atoms with van der Waals surface area (Å²) >= 11 is 5.20. The molecule has 3 rings (SSSR count). The lowest BCUT2D eigenvalue weighted by Gasteiger charge is -2.22. The van der Waals surface area contributed by atoms with Gasteiger partial charge in [0.2, 0.25) is 0 Å². The summed E-state index contributed by atoms with van der Waals surface area (Å²) in [7, 11) is 0. The van der Waals surface area contributed by atoms with Crippen molar-refractivity contribution in [1.82, 2.24) is 15.6 Å². The Bertz CT molecular complexity index is 401. The van der Waals surface area contributed by atoms with Gasteiger partial charge >= 0.3 is 0 Å². The van der Waals surface area contributed by atoms with Crippen molar-refractivity contribution >= 4 is 33.5 Å². The van der Waals surface area contributed by atoms with Crippen LogP contribution in [-0.2, 0) is 0 Å². The summed E-state index contributed by atoms with van der Waals surface area (Å²) in [5.41, 5.74) is 3.08. The second-order valence-electron chi connectivity index (χ2n) is 3.25. The maximum atomic E-state index is 4.34. The highest BCUT2D eigenvalue weighted by molar-refractivity contribution is 9.11.